The van der Waals surface area contributed by atoms with E-state index < -0.39 is 6.03 Å². The molecule has 0 bridgehead atoms. The van der Waals surface area contributed by atoms with Gasteiger partial charge in [-0.1, -0.05) is 24.3 Å². The molecule has 2 heterocycles. The number of carbonyl (C=O) groups excluding carboxylic acids is 3. The van der Waals surface area contributed by atoms with Gasteiger partial charge in [-0.3, -0.25) is 14.5 Å². The van der Waals surface area contributed by atoms with Gasteiger partial charge in [0.05, 0.1) is 24.8 Å². The van der Waals surface area contributed by atoms with E-state index in [1.807, 2.05) is 31.2 Å². The zero-order chi connectivity index (χ0) is 21.1. The van der Waals surface area contributed by atoms with E-state index in [1.54, 1.807) is 35.3 Å². The largest absolute Gasteiger partial charge is 0.346 e. The molecule has 152 valence electrons. The molecule has 1 aromatic heterocycles. The molecule has 30 heavy (non-hydrogen) atoms. The second-order valence-electron chi connectivity index (χ2n) is 6.97. The first-order chi connectivity index (χ1) is 14.5. The monoisotopic (exact) mass is 404 g/mol. The van der Waals surface area contributed by atoms with Crippen molar-refractivity contribution in [3.8, 4) is 5.69 Å². The summed E-state index contributed by atoms with van der Waals surface area (Å²) in [4.78, 5) is 41.2. The second-order valence-corrected chi connectivity index (χ2v) is 6.97. The zero-order valence-corrected chi connectivity index (χ0v) is 16.3. The van der Waals surface area contributed by atoms with Crippen LogP contribution < -0.4 is 10.6 Å². The Hall–Kier alpha value is -4.01. The van der Waals surface area contributed by atoms with E-state index in [0.29, 0.717) is 11.1 Å². The minimum absolute atomic E-state index is 0.00617. The molecule has 1 unspecified atom stereocenters. The first-order valence-electron chi connectivity index (χ1n) is 9.44. The number of amides is 4. The van der Waals surface area contributed by atoms with Crippen LogP contribution in [0, 0.1) is 0 Å². The molecule has 4 amide bonds. The number of hydrogen-bond donors (Lipinski definition) is 2. The van der Waals surface area contributed by atoms with Crippen molar-refractivity contribution in [1.82, 2.24) is 30.3 Å². The van der Waals surface area contributed by atoms with Gasteiger partial charge < -0.3 is 10.6 Å². The molecule has 2 aromatic carbocycles. The highest BCUT2D eigenvalue weighted by molar-refractivity contribution is 6.02. The molecule has 1 aliphatic rings. The van der Waals surface area contributed by atoms with Crippen LogP contribution in [0.3, 0.4) is 0 Å². The van der Waals surface area contributed by atoms with Crippen LogP contribution in [-0.2, 0) is 11.3 Å². The molecule has 4 rings (SSSR count). The highest BCUT2D eigenvalue weighted by Crippen LogP contribution is 2.17. The third-order valence-electron chi connectivity index (χ3n) is 4.89. The number of benzene rings is 2. The van der Waals surface area contributed by atoms with Crippen molar-refractivity contribution < 1.29 is 14.4 Å². The lowest BCUT2D eigenvalue weighted by Gasteiger charge is -2.16. The van der Waals surface area contributed by atoms with E-state index >= 15 is 0 Å². The number of imide groups is 1. The maximum Gasteiger partial charge on any atom is 0.324 e. The summed E-state index contributed by atoms with van der Waals surface area (Å²) in [6.07, 6.45) is 3.09. The van der Waals surface area contributed by atoms with Crippen LogP contribution in [0.25, 0.3) is 5.69 Å². The minimum Gasteiger partial charge on any atom is -0.346 e. The Morgan fingerprint density at radius 2 is 2.00 bits per heavy atom. The third-order valence-corrected chi connectivity index (χ3v) is 4.89. The first kappa shape index (κ1) is 19.3. The van der Waals surface area contributed by atoms with Gasteiger partial charge in [0.1, 0.15) is 12.7 Å². The van der Waals surface area contributed by atoms with Crippen molar-refractivity contribution in [1.29, 1.82) is 0 Å². The Morgan fingerprint density at radius 1 is 1.20 bits per heavy atom. The molecular formula is C21H20N6O3. The van der Waals surface area contributed by atoms with E-state index in [-0.39, 0.29) is 30.9 Å². The number of aromatic nitrogens is 3. The number of urea groups is 1. The fourth-order valence-corrected chi connectivity index (χ4v) is 3.23. The molecule has 0 aliphatic carbocycles. The number of rotatable bonds is 6. The average molecular weight is 404 g/mol. The standard InChI is InChI=1S/C21H20N6O3/c1-14(16-5-7-18(8-6-16)27-13-22-12-24-27)25-20(29)17-4-2-3-15(9-17)11-26-19(28)10-23-21(26)30/h2-9,12-14H,10-11H2,1H3,(H,23,30)(H,25,29). The number of carbonyl (C=O) groups is 3. The van der Waals surface area contributed by atoms with Crippen LogP contribution in [0.2, 0.25) is 0 Å². The Bertz CT molecular complexity index is 1060. The summed E-state index contributed by atoms with van der Waals surface area (Å²) in [5.41, 5.74) is 2.99. The van der Waals surface area contributed by atoms with Gasteiger partial charge in [-0.25, -0.2) is 14.5 Å². The van der Waals surface area contributed by atoms with E-state index in [2.05, 4.69) is 20.7 Å². The number of nitrogens with zero attached hydrogens (tertiary/aromatic N) is 4. The van der Waals surface area contributed by atoms with E-state index in [0.717, 1.165) is 16.2 Å². The van der Waals surface area contributed by atoms with Crippen LogP contribution in [0.15, 0.2) is 61.2 Å². The van der Waals surface area contributed by atoms with E-state index in [9.17, 15) is 14.4 Å². The minimum atomic E-state index is -0.419. The van der Waals surface area contributed by atoms with Gasteiger partial charge in [0.25, 0.3) is 5.91 Å². The molecule has 0 spiro atoms. The van der Waals surface area contributed by atoms with Crippen LogP contribution in [0.5, 0.6) is 0 Å². The summed E-state index contributed by atoms with van der Waals surface area (Å²) >= 11 is 0. The van der Waals surface area contributed by atoms with Gasteiger partial charge in [0, 0.05) is 5.56 Å². The molecule has 1 aliphatic heterocycles. The summed E-state index contributed by atoms with van der Waals surface area (Å²) in [5.74, 6) is -0.514. The molecule has 1 fully saturated rings. The SMILES string of the molecule is CC(NC(=O)c1cccc(CN2C(=O)CNC2=O)c1)c1ccc(-n2cncn2)cc1. The topological polar surface area (TPSA) is 109 Å². The quantitative estimate of drug-likeness (QED) is 0.609. The molecule has 1 atom stereocenters. The zero-order valence-electron chi connectivity index (χ0n) is 16.3. The fourth-order valence-electron chi connectivity index (χ4n) is 3.23. The van der Waals surface area contributed by atoms with Crippen LogP contribution in [-0.4, -0.2) is 44.1 Å². The Labute approximate surface area is 172 Å². The number of hydrogen-bond acceptors (Lipinski definition) is 5. The smallest absolute Gasteiger partial charge is 0.324 e. The van der Waals surface area contributed by atoms with Crippen molar-refractivity contribution >= 4 is 17.8 Å². The second kappa shape index (κ2) is 8.16. The third kappa shape index (κ3) is 4.04. The maximum absolute atomic E-state index is 12.7. The fraction of sp³-hybridized carbons (Fsp3) is 0.190. The van der Waals surface area contributed by atoms with Gasteiger partial charge >= 0.3 is 6.03 Å². The maximum atomic E-state index is 12.7. The van der Waals surface area contributed by atoms with Crippen LogP contribution in [0.1, 0.15) is 34.5 Å². The molecule has 9 heteroatoms. The van der Waals surface area contributed by atoms with Crippen molar-refractivity contribution in [3.05, 3.63) is 77.9 Å². The van der Waals surface area contributed by atoms with Gasteiger partial charge in [-0.15, -0.1) is 0 Å². The highest BCUT2D eigenvalue weighted by atomic mass is 16.2. The van der Waals surface area contributed by atoms with Crippen molar-refractivity contribution in [2.24, 2.45) is 0 Å². The van der Waals surface area contributed by atoms with E-state index in [1.165, 1.54) is 6.33 Å². The molecule has 0 saturated carbocycles. The van der Waals surface area contributed by atoms with Crippen molar-refractivity contribution in [2.75, 3.05) is 6.54 Å². The molecule has 3 aromatic rings. The highest BCUT2D eigenvalue weighted by Gasteiger charge is 2.28. The molecule has 2 N–H and O–H groups in total. The molecule has 1 saturated heterocycles. The Kier molecular flexibility index (Phi) is 5.25. The summed E-state index contributed by atoms with van der Waals surface area (Å²) in [6.45, 7) is 2.04. The molecule has 9 nitrogen and oxygen atoms in total. The predicted octanol–water partition coefficient (Wildman–Crippen LogP) is 1.81. The van der Waals surface area contributed by atoms with Gasteiger partial charge in [-0.2, -0.15) is 5.10 Å². The summed E-state index contributed by atoms with van der Waals surface area (Å²) < 4.78 is 1.66. The van der Waals surface area contributed by atoms with Crippen LogP contribution in [0.4, 0.5) is 4.79 Å². The van der Waals surface area contributed by atoms with Gasteiger partial charge in [0.2, 0.25) is 5.91 Å². The number of nitrogens with one attached hydrogen (secondary N) is 2. The average Bonchev–Trinajstić information content (AvgIpc) is 3.40. The van der Waals surface area contributed by atoms with E-state index in [4.69, 9.17) is 0 Å². The van der Waals surface area contributed by atoms with Gasteiger partial charge in [-0.05, 0) is 42.3 Å². The first-order valence-corrected chi connectivity index (χ1v) is 9.44. The van der Waals surface area contributed by atoms with Crippen LogP contribution >= 0.6 is 0 Å². The normalized spacial score (nSPS) is 14.5. The van der Waals surface area contributed by atoms with Crippen molar-refractivity contribution in [2.45, 2.75) is 19.5 Å². The lowest BCUT2D eigenvalue weighted by atomic mass is 10.1. The van der Waals surface area contributed by atoms with Crippen molar-refractivity contribution in [3.63, 3.8) is 0 Å². The summed E-state index contributed by atoms with van der Waals surface area (Å²) in [7, 11) is 0. The molecular weight excluding hydrogens is 384 g/mol. The lowest BCUT2D eigenvalue weighted by Crippen LogP contribution is -2.30. The Balaban J connectivity index is 1.42. The summed E-state index contributed by atoms with van der Waals surface area (Å²) in [6, 6.07) is 13.9. The Morgan fingerprint density at radius 3 is 2.67 bits per heavy atom. The predicted molar refractivity (Wildman–Crippen MR) is 108 cm³/mol. The summed E-state index contributed by atoms with van der Waals surface area (Å²) in [5, 5.41) is 9.54. The lowest BCUT2D eigenvalue weighted by molar-refractivity contribution is -0.125. The van der Waals surface area contributed by atoms with Gasteiger partial charge in [0.15, 0.2) is 0 Å². The molecule has 0 radical (unpaired) electrons.